The lowest BCUT2D eigenvalue weighted by molar-refractivity contribution is -0.141. The van der Waals surface area contributed by atoms with Gasteiger partial charge >= 0.3 is 5.97 Å². The van der Waals surface area contributed by atoms with Gasteiger partial charge in [-0.2, -0.15) is 11.8 Å². The van der Waals surface area contributed by atoms with Gasteiger partial charge in [-0.15, -0.1) is 0 Å². The van der Waals surface area contributed by atoms with Crippen LogP contribution in [0.5, 0.6) is 0 Å². The van der Waals surface area contributed by atoms with E-state index in [0.717, 1.165) is 0 Å². The lowest BCUT2D eigenvalue weighted by atomic mass is 10.4. The minimum Gasteiger partial charge on any atom is -0.468 e. The molecule has 0 aliphatic heterocycles. The highest BCUT2D eigenvalue weighted by Gasteiger charge is 2.12. The molecule has 0 rings (SSSR count). The van der Waals surface area contributed by atoms with Crippen molar-refractivity contribution in [3.63, 3.8) is 0 Å². The normalized spacial score (nSPS) is 12.2. The van der Waals surface area contributed by atoms with Crippen LogP contribution < -0.4 is 11.5 Å². The van der Waals surface area contributed by atoms with Crippen molar-refractivity contribution >= 4 is 23.6 Å². The van der Waals surface area contributed by atoms with Crippen LogP contribution in [0.3, 0.4) is 0 Å². The Morgan fingerprint density at radius 1 is 1.54 bits per heavy atom. The number of thioether (sulfide) groups is 1. The van der Waals surface area contributed by atoms with E-state index in [1.165, 1.54) is 18.9 Å². The van der Waals surface area contributed by atoms with Gasteiger partial charge in [-0.3, -0.25) is 9.59 Å². The molecular weight excluding hydrogens is 192 g/mol. The van der Waals surface area contributed by atoms with Crippen LogP contribution >= 0.6 is 11.8 Å². The highest BCUT2D eigenvalue weighted by molar-refractivity contribution is 7.99. The molecule has 0 spiro atoms. The molecule has 0 heterocycles. The lowest BCUT2D eigenvalue weighted by Crippen LogP contribution is -2.34. The second-order valence-electron chi connectivity index (χ2n) is 2.42. The topological polar surface area (TPSA) is 95.4 Å². The molecule has 0 radical (unpaired) electrons. The van der Waals surface area contributed by atoms with Crippen LogP contribution in [-0.2, 0) is 14.3 Å². The third kappa shape index (κ3) is 6.41. The highest BCUT2D eigenvalue weighted by atomic mass is 32.2. The summed E-state index contributed by atoms with van der Waals surface area (Å²) in [7, 11) is 1.29. The zero-order valence-corrected chi connectivity index (χ0v) is 8.30. The number of ether oxygens (including phenoxy) is 1. The van der Waals surface area contributed by atoms with Gasteiger partial charge in [-0.25, -0.2) is 0 Å². The maximum absolute atomic E-state index is 10.8. The molecule has 0 aromatic carbocycles. The Balaban J connectivity index is 3.42. The quantitative estimate of drug-likeness (QED) is 0.433. The molecule has 0 saturated carbocycles. The monoisotopic (exact) mass is 206 g/mol. The number of carbonyl (C=O) groups is 2. The van der Waals surface area contributed by atoms with Crippen LogP contribution in [-0.4, -0.2) is 36.5 Å². The molecule has 0 fully saturated rings. The minimum atomic E-state index is -0.622. The fourth-order valence-corrected chi connectivity index (χ4v) is 1.50. The SMILES string of the molecule is COC(=O)C(N)CSCCC(N)=O. The maximum Gasteiger partial charge on any atom is 0.323 e. The number of methoxy groups -OCH3 is 1. The van der Waals surface area contributed by atoms with Gasteiger partial charge < -0.3 is 16.2 Å². The summed E-state index contributed by atoms with van der Waals surface area (Å²) >= 11 is 1.41. The van der Waals surface area contributed by atoms with Gasteiger partial charge in [-0.05, 0) is 0 Å². The van der Waals surface area contributed by atoms with Crippen molar-refractivity contribution < 1.29 is 14.3 Å². The Kier molecular flexibility index (Phi) is 6.34. The first-order valence-corrected chi connectivity index (χ1v) is 4.93. The second-order valence-corrected chi connectivity index (χ2v) is 3.57. The van der Waals surface area contributed by atoms with Gasteiger partial charge in [0.15, 0.2) is 0 Å². The van der Waals surface area contributed by atoms with E-state index in [0.29, 0.717) is 17.9 Å². The molecule has 0 aliphatic carbocycles. The number of esters is 1. The van der Waals surface area contributed by atoms with E-state index in [9.17, 15) is 9.59 Å². The van der Waals surface area contributed by atoms with Gasteiger partial charge in [0.1, 0.15) is 6.04 Å². The predicted octanol–water partition coefficient (Wildman–Crippen LogP) is -0.905. The maximum atomic E-state index is 10.8. The summed E-state index contributed by atoms with van der Waals surface area (Å²) < 4.78 is 4.42. The molecule has 4 N–H and O–H groups in total. The van der Waals surface area contributed by atoms with Crippen LogP contribution in [0, 0.1) is 0 Å². The molecule has 0 aliphatic rings. The van der Waals surface area contributed by atoms with Crippen LogP contribution in [0.15, 0.2) is 0 Å². The first kappa shape index (κ1) is 12.2. The van der Waals surface area contributed by atoms with Gasteiger partial charge in [0, 0.05) is 17.9 Å². The molecule has 1 unspecified atom stereocenters. The Bertz CT molecular complexity index is 187. The number of amides is 1. The van der Waals surface area contributed by atoms with E-state index in [2.05, 4.69) is 4.74 Å². The number of rotatable bonds is 6. The smallest absolute Gasteiger partial charge is 0.323 e. The molecular formula is C7H14N2O3S. The summed E-state index contributed by atoms with van der Waals surface area (Å²) in [5.41, 5.74) is 10.4. The molecule has 5 nitrogen and oxygen atoms in total. The standard InChI is InChI=1S/C7H14N2O3S/c1-12-7(11)5(8)4-13-3-2-6(9)10/h5H,2-4,8H2,1H3,(H2,9,10). The molecule has 0 aromatic rings. The largest absolute Gasteiger partial charge is 0.468 e. The number of primary amides is 1. The Morgan fingerprint density at radius 2 is 2.15 bits per heavy atom. The average molecular weight is 206 g/mol. The van der Waals surface area contributed by atoms with Gasteiger partial charge in [-0.1, -0.05) is 0 Å². The van der Waals surface area contributed by atoms with Crippen molar-refractivity contribution in [2.24, 2.45) is 11.5 Å². The van der Waals surface area contributed by atoms with Crippen molar-refractivity contribution in [2.45, 2.75) is 12.5 Å². The fourth-order valence-electron chi connectivity index (χ4n) is 0.602. The van der Waals surface area contributed by atoms with Crippen LogP contribution in [0.25, 0.3) is 0 Å². The van der Waals surface area contributed by atoms with Crippen LogP contribution in [0.4, 0.5) is 0 Å². The zero-order valence-electron chi connectivity index (χ0n) is 7.49. The minimum absolute atomic E-state index is 0.304. The number of hydrogen-bond donors (Lipinski definition) is 2. The van der Waals surface area contributed by atoms with Crippen molar-refractivity contribution in [2.75, 3.05) is 18.6 Å². The zero-order chi connectivity index (χ0) is 10.3. The van der Waals surface area contributed by atoms with Crippen molar-refractivity contribution in [1.29, 1.82) is 0 Å². The predicted molar refractivity (Wildman–Crippen MR) is 51.1 cm³/mol. The Labute approximate surface area is 81.2 Å². The first-order valence-electron chi connectivity index (χ1n) is 3.77. The van der Waals surface area contributed by atoms with E-state index in [-0.39, 0.29) is 5.91 Å². The molecule has 76 valence electrons. The van der Waals surface area contributed by atoms with Crippen molar-refractivity contribution in [1.82, 2.24) is 0 Å². The summed E-state index contributed by atoms with van der Waals surface area (Å²) in [5, 5.41) is 0. The van der Waals surface area contributed by atoms with E-state index >= 15 is 0 Å². The second kappa shape index (κ2) is 6.73. The third-order valence-electron chi connectivity index (χ3n) is 1.29. The molecule has 6 heteroatoms. The lowest BCUT2D eigenvalue weighted by Gasteiger charge is -2.07. The first-order chi connectivity index (χ1) is 6.07. The molecule has 1 amide bonds. The summed E-state index contributed by atoms with van der Waals surface area (Å²) in [6.45, 7) is 0. The molecule has 0 bridgehead atoms. The summed E-state index contributed by atoms with van der Waals surface area (Å²) in [5.74, 6) is 0.241. The highest BCUT2D eigenvalue weighted by Crippen LogP contribution is 2.04. The van der Waals surface area contributed by atoms with E-state index < -0.39 is 12.0 Å². The van der Waals surface area contributed by atoms with Crippen molar-refractivity contribution in [3.8, 4) is 0 Å². The molecule has 0 saturated heterocycles. The van der Waals surface area contributed by atoms with Gasteiger partial charge in [0.2, 0.25) is 5.91 Å². The van der Waals surface area contributed by atoms with E-state index in [1.807, 2.05) is 0 Å². The van der Waals surface area contributed by atoms with Crippen molar-refractivity contribution in [3.05, 3.63) is 0 Å². The van der Waals surface area contributed by atoms with Gasteiger partial charge in [0.05, 0.1) is 7.11 Å². The number of nitrogens with two attached hydrogens (primary N) is 2. The van der Waals surface area contributed by atoms with Gasteiger partial charge in [0.25, 0.3) is 0 Å². The molecule has 13 heavy (non-hydrogen) atoms. The third-order valence-corrected chi connectivity index (χ3v) is 2.38. The summed E-state index contributed by atoms with van der Waals surface area (Å²) in [4.78, 5) is 21.1. The summed E-state index contributed by atoms with van der Waals surface area (Å²) in [6, 6.07) is -0.622. The number of hydrogen-bond acceptors (Lipinski definition) is 5. The average Bonchev–Trinajstić information content (AvgIpc) is 2.10. The summed E-state index contributed by atoms with van der Waals surface area (Å²) in [6.07, 6.45) is 0.304. The number of carbonyl (C=O) groups excluding carboxylic acids is 2. The van der Waals surface area contributed by atoms with Crippen LogP contribution in [0.1, 0.15) is 6.42 Å². The molecule has 1 atom stereocenters. The molecule has 0 aromatic heterocycles. The fraction of sp³-hybridized carbons (Fsp3) is 0.714. The Morgan fingerprint density at radius 3 is 2.62 bits per heavy atom. The Hall–Kier alpha value is -0.750. The van der Waals surface area contributed by atoms with E-state index in [1.54, 1.807) is 0 Å². The van der Waals surface area contributed by atoms with Crippen LogP contribution in [0.2, 0.25) is 0 Å². The van der Waals surface area contributed by atoms with E-state index in [4.69, 9.17) is 11.5 Å².